The number of benzene rings is 3. The smallest absolute Gasteiger partial charge is 0.253 e. The molecular weight excluding hydrogens is 440 g/mol. The van der Waals surface area contributed by atoms with Crippen LogP contribution in [-0.2, 0) is 21.3 Å². The Bertz CT molecular complexity index is 1250. The number of fused-ring (bicyclic) bond motifs is 1. The molecule has 8 heteroatoms. The summed E-state index contributed by atoms with van der Waals surface area (Å²) in [5.41, 5.74) is 1.30. The molecule has 7 nitrogen and oxygen atoms in total. The molecule has 174 valence electrons. The minimum Gasteiger partial charge on any atom is -0.497 e. The number of nitrogens with one attached hydrogen (secondary N) is 1. The van der Waals surface area contributed by atoms with Crippen molar-refractivity contribution in [2.24, 2.45) is 0 Å². The normalized spacial score (nSPS) is 16.1. The Balaban J connectivity index is 1.45. The fourth-order valence-electron chi connectivity index (χ4n) is 3.95. The van der Waals surface area contributed by atoms with Crippen molar-refractivity contribution >= 4 is 26.7 Å². The molecule has 0 aliphatic carbocycles. The van der Waals surface area contributed by atoms with Crippen LogP contribution in [-0.4, -0.2) is 52.6 Å². The Morgan fingerprint density at radius 1 is 1.12 bits per heavy atom. The minimum atomic E-state index is -3.73. The van der Waals surface area contributed by atoms with Gasteiger partial charge in [0.05, 0.1) is 18.1 Å². The molecule has 1 amide bonds. The van der Waals surface area contributed by atoms with Gasteiger partial charge in [0.15, 0.2) is 0 Å². The standard InChI is InChI=1S/C25H28N2O5S/c1-27(17-18-8-9-20-14-22(31-2)11-10-19(20)13-18)25(28)21-5-3-7-24(15-21)33(29,30)26-16-23-6-4-12-32-23/h3,5,7-11,13-15,23,26H,4,6,12,16-17H2,1-2H3/t23-/m0/s1. The van der Waals surface area contributed by atoms with E-state index in [0.29, 0.717) is 18.7 Å². The Kier molecular flexibility index (Phi) is 6.97. The van der Waals surface area contributed by atoms with Gasteiger partial charge in [0.1, 0.15) is 5.75 Å². The molecule has 3 aromatic carbocycles. The van der Waals surface area contributed by atoms with Gasteiger partial charge in [-0.1, -0.05) is 24.3 Å². The summed E-state index contributed by atoms with van der Waals surface area (Å²) in [5, 5.41) is 2.11. The van der Waals surface area contributed by atoms with Gasteiger partial charge in [0.25, 0.3) is 5.91 Å². The van der Waals surface area contributed by atoms with Crippen molar-refractivity contribution in [2.45, 2.75) is 30.4 Å². The third-order valence-corrected chi connectivity index (χ3v) is 7.22. The number of hydrogen-bond acceptors (Lipinski definition) is 5. The van der Waals surface area contributed by atoms with Gasteiger partial charge < -0.3 is 14.4 Å². The van der Waals surface area contributed by atoms with Crippen molar-refractivity contribution in [1.29, 1.82) is 0 Å². The quantitative estimate of drug-likeness (QED) is 0.546. The van der Waals surface area contributed by atoms with E-state index < -0.39 is 10.0 Å². The SMILES string of the molecule is COc1ccc2cc(CN(C)C(=O)c3cccc(S(=O)(=O)NC[C@@H]4CCCO4)c3)ccc2c1. The van der Waals surface area contributed by atoms with Crippen LogP contribution in [0, 0.1) is 0 Å². The Morgan fingerprint density at radius 3 is 2.67 bits per heavy atom. The number of hydrogen-bond donors (Lipinski definition) is 1. The van der Waals surface area contributed by atoms with Crippen LogP contribution in [0.4, 0.5) is 0 Å². The van der Waals surface area contributed by atoms with E-state index in [1.165, 1.54) is 12.1 Å². The molecule has 0 aromatic heterocycles. The zero-order valence-corrected chi connectivity index (χ0v) is 19.6. The molecule has 3 aromatic rings. The van der Waals surface area contributed by atoms with Crippen molar-refractivity contribution < 1.29 is 22.7 Å². The molecule has 1 heterocycles. The molecule has 0 spiro atoms. The number of amides is 1. The first-order valence-corrected chi connectivity index (χ1v) is 12.4. The van der Waals surface area contributed by atoms with Gasteiger partial charge in [-0.05, 0) is 65.6 Å². The molecule has 1 N–H and O–H groups in total. The number of nitrogens with zero attached hydrogens (tertiary/aromatic N) is 1. The largest absolute Gasteiger partial charge is 0.497 e. The zero-order valence-electron chi connectivity index (χ0n) is 18.8. The van der Waals surface area contributed by atoms with Crippen LogP contribution in [0.1, 0.15) is 28.8 Å². The first-order chi connectivity index (χ1) is 15.9. The predicted octanol–water partition coefficient (Wildman–Crippen LogP) is 3.58. The topological polar surface area (TPSA) is 84.9 Å². The lowest BCUT2D eigenvalue weighted by atomic mass is 10.1. The summed E-state index contributed by atoms with van der Waals surface area (Å²) in [6, 6.07) is 18.0. The number of carbonyl (C=O) groups excluding carboxylic acids is 1. The van der Waals surface area contributed by atoms with E-state index in [0.717, 1.165) is 34.9 Å². The average Bonchev–Trinajstić information content (AvgIpc) is 3.36. The molecule has 33 heavy (non-hydrogen) atoms. The molecule has 1 saturated heterocycles. The third-order valence-electron chi connectivity index (χ3n) is 5.79. The number of sulfonamides is 1. The zero-order chi connectivity index (χ0) is 23.4. The molecule has 1 fully saturated rings. The number of carbonyl (C=O) groups is 1. The lowest BCUT2D eigenvalue weighted by Gasteiger charge is -2.18. The lowest BCUT2D eigenvalue weighted by Crippen LogP contribution is -2.32. The fourth-order valence-corrected chi connectivity index (χ4v) is 5.06. The van der Waals surface area contributed by atoms with Crippen LogP contribution >= 0.6 is 0 Å². The van der Waals surface area contributed by atoms with E-state index in [4.69, 9.17) is 9.47 Å². The second kappa shape index (κ2) is 9.91. The van der Waals surface area contributed by atoms with Gasteiger partial charge >= 0.3 is 0 Å². The summed E-state index contributed by atoms with van der Waals surface area (Å²) in [7, 11) is -0.388. The molecule has 0 bridgehead atoms. The highest BCUT2D eigenvalue weighted by molar-refractivity contribution is 7.89. The van der Waals surface area contributed by atoms with Crippen molar-refractivity contribution in [2.75, 3.05) is 27.3 Å². The van der Waals surface area contributed by atoms with Gasteiger partial charge in [-0.2, -0.15) is 0 Å². The average molecular weight is 469 g/mol. The molecular formula is C25H28N2O5S. The van der Waals surface area contributed by atoms with Crippen LogP contribution in [0.25, 0.3) is 10.8 Å². The lowest BCUT2D eigenvalue weighted by molar-refractivity contribution is 0.0785. The van der Waals surface area contributed by atoms with Gasteiger partial charge in [-0.25, -0.2) is 13.1 Å². The second-order valence-electron chi connectivity index (χ2n) is 8.22. The van der Waals surface area contributed by atoms with E-state index in [2.05, 4.69) is 4.72 Å². The first kappa shape index (κ1) is 23.2. The van der Waals surface area contributed by atoms with Crippen molar-refractivity contribution in [3.63, 3.8) is 0 Å². The maximum absolute atomic E-state index is 13.0. The van der Waals surface area contributed by atoms with E-state index in [1.54, 1.807) is 31.2 Å². The summed E-state index contributed by atoms with van der Waals surface area (Å²) < 4.78 is 38.7. The third kappa shape index (κ3) is 5.52. The molecule has 1 aliphatic rings. The maximum atomic E-state index is 13.0. The summed E-state index contributed by atoms with van der Waals surface area (Å²) in [6.45, 7) is 1.29. The van der Waals surface area contributed by atoms with E-state index in [1.807, 2.05) is 36.4 Å². The van der Waals surface area contributed by atoms with Crippen LogP contribution in [0.3, 0.4) is 0 Å². The summed E-state index contributed by atoms with van der Waals surface area (Å²) in [6.07, 6.45) is 1.68. The van der Waals surface area contributed by atoms with Crippen LogP contribution in [0.15, 0.2) is 65.6 Å². The van der Waals surface area contributed by atoms with E-state index in [9.17, 15) is 13.2 Å². The predicted molar refractivity (Wildman–Crippen MR) is 127 cm³/mol. The van der Waals surface area contributed by atoms with Gasteiger partial charge in [0, 0.05) is 32.3 Å². The van der Waals surface area contributed by atoms with Gasteiger partial charge in [0.2, 0.25) is 10.0 Å². The van der Waals surface area contributed by atoms with E-state index in [-0.39, 0.29) is 23.5 Å². The number of rotatable bonds is 8. The van der Waals surface area contributed by atoms with Crippen molar-refractivity contribution in [3.8, 4) is 5.75 Å². The highest BCUT2D eigenvalue weighted by Crippen LogP contribution is 2.23. The fraction of sp³-hybridized carbons (Fsp3) is 0.320. The van der Waals surface area contributed by atoms with Crippen molar-refractivity contribution in [3.05, 3.63) is 71.8 Å². The molecule has 0 unspecified atom stereocenters. The maximum Gasteiger partial charge on any atom is 0.253 e. The highest BCUT2D eigenvalue weighted by Gasteiger charge is 2.22. The van der Waals surface area contributed by atoms with Crippen LogP contribution in [0.2, 0.25) is 0 Å². The highest BCUT2D eigenvalue weighted by atomic mass is 32.2. The molecule has 0 saturated carbocycles. The summed E-state index contributed by atoms with van der Waals surface area (Å²) >= 11 is 0. The Hall–Kier alpha value is -2.94. The van der Waals surface area contributed by atoms with Crippen molar-refractivity contribution in [1.82, 2.24) is 9.62 Å². The van der Waals surface area contributed by atoms with Gasteiger partial charge in [-0.3, -0.25) is 4.79 Å². The molecule has 4 rings (SSSR count). The van der Waals surface area contributed by atoms with Gasteiger partial charge in [-0.15, -0.1) is 0 Å². The minimum absolute atomic E-state index is 0.0689. The summed E-state index contributed by atoms with van der Waals surface area (Å²) in [4.78, 5) is 14.7. The monoisotopic (exact) mass is 468 g/mol. The molecule has 0 radical (unpaired) electrons. The first-order valence-electron chi connectivity index (χ1n) is 10.9. The summed E-state index contributed by atoms with van der Waals surface area (Å²) in [5.74, 6) is 0.545. The van der Waals surface area contributed by atoms with Crippen LogP contribution in [0.5, 0.6) is 5.75 Å². The van der Waals surface area contributed by atoms with E-state index >= 15 is 0 Å². The molecule has 1 atom stereocenters. The Morgan fingerprint density at radius 2 is 1.91 bits per heavy atom. The number of ether oxygens (including phenoxy) is 2. The van der Waals surface area contributed by atoms with Crippen LogP contribution < -0.4 is 9.46 Å². The molecule has 1 aliphatic heterocycles. The second-order valence-corrected chi connectivity index (χ2v) is 9.99. The Labute approximate surface area is 194 Å². The number of methoxy groups -OCH3 is 1.